The standard InChI is InChI=1S/C46H53FN8O8/c1-60-45(58)51-38(28-11-15-62-16-12-28)43(56)54-33-19-30(33)21-35(54)41-48-23-32(49-41)26-7-3-24(4-8-26)25-5-9-27(10-6-25)37-40(47)53-42(50-37)36-22-31-20-34(31)55(36)44(57)39(52-46(59)61-2)29-13-17-63-18-14-29/h3-10,23,28-31,33-36,38-39H,11-22H2,1-2H3,(H,48,49)(H,50,53)(H,51,58)(H,52,59)/t30?,31?,33-,34?,35+,36+,38+,39+/m1/s1. The molecule has 4 aliphatic heterocycles. The number of ether oxygens (including phenoxy) is 4. The predicted octanol–water partition coefficient (Wildman–Crippen LogP) is 5.90. The van der Waals surface area contributed by atoms with Gasteiger partial charge in [-0.2, -0.15) is 4.39 Å². The zero-order valence-corrected chi connectivity index (χ0v) is 35.4. The quantitative estimate of drug-likeness (QED) is 0.141. The summed E-state index contributed by atoms with van der Waals surface area (Å²) in [7, 11) is 2.59. The molecule has 17 heteroatoms. The number of imidazole rings is 2. The van der Waals surface area contributed by atoms with E-state index < -0.39 is 36.3 Å². The van der Waals surface area contributed by atoms with Crippen LogP contribution in [0, 0.1) is 29.6 Å². The molecule has 4 amide bonds. The lowest BCUT2D eigenvalue weighted by Crippen LogP contribution is -2.54. The van der Waals surface area contributed by atoms with Crippen molar-refractivity contribution in [2.24, 2.45) is 23.7 Å². The van der Waals surface area contributed by atoms with Crippen molar-refractivity contribution in [1.82, 2.24) is 40.4 Å². The van der Waals surface area contributed by atoms with Crippen molar-refractivity contribution in [1.29, 1.82) is 0 Å². The molecule has 6 fully saturated rings. The van der Waals surface area contributed by atoms with E-state index in [4.69, 9.17) is 28.9 Å². The molecule has 3 unspecified atom stereocenters. The summed E-state index contributed by atoms with van der Waals surface area (Å²) < 4.78 is 36.5. The van der Waals surface area contributed by atoms with Crippen LogP contribution in [-0.2, 0) is 28.5 Å². The maximum absolute atomic E-state index is 15.7. The van der Waals surface area contributed by atoms with Crippen LogP contribution in [0.4, 0.5) is 14.0 Å². The number of hydrogen-bond acceptors (Lipinski definition) is 10. The number of methoxy groups -OCH3 is 2. The van der Waals surface area contributed by atoms with Gasteiger partial charge in [0.25, 0.3) is 0 Å². The molecule has 10 rings (SSSR count). The second kappa shape index (κ2) is 17.1. The van der Waals surface area contributed by atoms with Crippen LogP contribution in [0.3, 0.4) is 0 Å². The van der Waals surface area contributed by atoms with Crippen LogP contribution in [0.2, 0.25) is 0 Å². The van der Waals surface area contributed by atoms with Crippen molar-refractivity contribution in [2.75, 3.05) is 40.6 Å². The van der Waals surface area contributed by atoms with E-state index in [0.717, 1.165) is 47.5 Å². The van der Waals surface area contributed by atoms with Crippen LogP contribution in [0.25, 0.3) is 33.6 Å². The number of halogens is 1. The highest BCUT2D eigenvalue weighted by atomic mass is 19.1. The highest BCUT2D eigenvalue weighted by Crippen LogP contribution is 2.55. The number of benzene rings is 2. The average Bonchev–Trinajstić information content (AvgIpc) is 3.97. The van der Waals surface area contributed by atoms with E-state index in [2.05, 4.69) is 20.6 Å². The number of carbonyl (C=O) groups is 4. The molecule has 4 saturated heterocycles. The molecule has 4 aromatic rings. The number of aromatic amines is 2. The maximum atomic E-state index is 15.7. The number of alkyl carbamates (subject to hydrolysis) is 2. The van der Waals surface area contributed by atoms with Crippen molar-refractivity contribution >= 4 is 24.0 Å². The van der Waals surface area contributed by atoms with Crippen molar-refractivity contribution in [2.45, 2.75) is 87.6 Å². The largest absolute Gasteiger partial charge is 0.453 e. The second-order valence-electron chi connectivity index (χ2n) is 17.9. The number of carbonyl (C=O) groups excluding carboxylic acids is 4. The first-order valence-electron chi connectivity index (χ1n) is 22.2. The van der Waals surface area contributed by atoms with Crippen LogP contribution in [-0.4, -0.2) is 119 Å². The number of likely N-dealkylation sites (tertiary alicyclic amines) is 2. The zero-order valence-electron chi connectivity index (χ0n) is 35.4. The predicted molar refractivity (Wildman–Crippen MR) is 225 cm³/mol. The Labute approximate surface area is 364 Å². The minimum atomic E-state index is -0.772. The van der Waals surface area contributed by atoms with E-state index in [9.17, 15) is 19.2 Å². The van der Waals surface area contributed by atoms with Crippen molar-refractivity contribution in [3.05, 3.63) is 72.3 Å². The maximum Gasteiger partial charge on any atom is 0.407 e. The third-order valence-electron chi connectivity index (χ3n) is 14.2. The minimum absolute atomic E-state index is 0.0271. The Balaban J connectivity index is 0.817. The topological polar surface area (TPSA) is 193 Å². The summed E-state index contributed by atoms with van der Waals surface area (Å²) in [6.07, 6.45) is 6.48. The van der Waals surface area contributed by atoms with Crippen molar-refractivity contribution in [3.8, 4) is 33.6 Å². The summed E-state index contributed by atoms with van der Waals surface area (Å²) in [5.41, 5.74) is 4.46. The fourth-order valence-corrected chi connectivity index (χ4v) is 10.6. The number of nitrogens with zero attached hydrogens (tertiary/aromatic N) is 4. The summed E-state index contributed by atoms with van der Waals surface area (Å²) >= 11 is 0. The molecule has 2 aromatic carbocycles. The molecular weight excluding hydrogens is 812 g/mol. The highest BCUT2D eigenvalue weighted by molar-refractivity contribution is 5.88. The minimum Gasteiger partial charge on any atom is -0.453 e. The van der Waals surface area contributed by atoms with Gasteiger partial charge >= 0.3 is 12.2 Å². The van der Waals surface area contributed by atoms with E-state index in [0.29, 0.717) is 81.8 Å². The van der Waals surface area contributed by atoms with Gasteiger partial charge in [-0.05, 0) is 91.7 Å². The second-order valence-corrected chi connectivity index (χ2v) is 17.9. The van der Waals surface area contributed by atoms with Gasteiger partial charge in [-0.15, -0.1) is 0 Å². The third-order valence-corrected chi connectivity index (χ3v) is 14.2. The van der Waals surface area contributed by atoms with Gasteiger partial charge in [-0.25, -0.2) is 19.6 Å². The summed E-state index contributed by atoms with van der Waals surface area (Å²) in [5, 5.41) is 5.63. The Morgan fingerprint density at radius 1 is 0.667 bits per heavy atom. The summed E-state index contributed by atoms with van der Waals surface area (Å²) in [4.78, 5) is 72.7. The number of hydrogen-bond donors (Lipinski definition) is 4. The normalized spacial score (nSPS) is 26.3. The lowest BCUT2D eigenvalue weighted by atomic mass is 9.90. The van der Waals surface area contributed by atoms with E-state index in [1.54, 1.807) is 6.20 Å². The Kier molecular flexibility index (Phi) is 11.2. The number of amides is 4. The van der Waals surface area contributed by atoms with Crippen molar-refractivity contribution < 1.29 is 42.5 Å². The molecule has 2 saturated carbocycles. The van der Waals surface area contributed by atoms with Crippen LogP contribution >= 0.6 is 0 Å². The van der Waals surface area contributed by atoms with Gasteiger partial charge in [0.1, 0.15) is 29.4 Å². The van der Waals surface area contributed by atoms with Gasteiger partial charge in [0.15, 0.2) is 0 Å². The van der Waals surface area contributed by atoms with Gasteiger partial charge in [-0.1, -0.05) is 48.5 Å². The number of aromatic nitrogens is 4. The Hall–Kier alpha value is -5.81. The first-order chi connectivity index (χ1) is 30.7. The summed E-state index contributed by atoms with van der Waals surface area (Å²) in [6.45, 7) is 2.13. The highest BCUT2D eigenvalue weighted by Gasteiger charge is 2.58. The number of H-pyrrole nitrogens is 2. The smallest absolute Gasteiger partial charge is 0.407 e. The van der Waals surface area contributed by atoms with E-state index in [1.807, 2.05) is 58.3 Å². The van der Waals surface area contributed by atoms with Gasteiger partial charge < -0.3 is 49.3 Å². The lowest BCUT2D eigenvalue weighted by Gasteiger charge is -2.35. The Morgan fingerprint density at radius 2 is 1.13 bits per heavy atom. The molecule has 0 bridgehead atoms. The van der Waals surface area contributed by atoms with Gasteiger partial charge in [-0.3, -0.25) is 9.59 Å². The fraction of sp³-hybridized carbons (Fsp3) is 0.522. The molecular formula is C46H53FN8O8. The first kappa shape index (κ1) is 41.2. The third kappa shape index (κ3) is 8.05. The number of nitrogens with one attached hydrogen (secondary N) is 4. The monoisotopic (exact) mass is 864 g/mol. The van der Waals surface area contributed by atoms with Gasteiger partial charge in [0, 0.05) is 44.1 Å². The molecule has 4 N–H and O–H groups in total. The summed E-state index contributed by atoms with van der Waals surface area (Å²) in [6, 6.07) is 13.7. The Morgan fingerprint density at radius 3 is 1.62 bits per heavy atom. The van der Waals surface area contributed by atoms with E-state index in [-0.39, 0.29) is 47.5 Å². The molecule has 332 valence electrons. The molecule has 63 heavy (non-hydrogen) atoms. The average molecular weight is 865 g/mol. The Bertz CT molecular complexity index is 2340. The zero-order chi connectivity index (χ0) is 43.4. The molecule has 8 atom stereocenters. The van der Waals surface area contributed by atoms with Crippen LogP contribution in [0.1, 0.15) is 75.1 Å². The number of piperidine rings is 2. The van der Waals surface area contributed by atoms with Crippen LogP contribution in [0.15, 0.2) is 54.7 Å². The molecule has 16 nitrogen and oxygen atoms in total. The first-order valence-corrected chi connectivity index (χ1v) is 22.2. The number of fused-ring (bicyclic) bond motifs is 2. The lowest BCUT2D eigenvalue weighted by molar-refractivity contribution is -0.138. The van der Waals surface area contributed by atoms with Crippen LogP contribution in [0.5, 0.6) is 0 Å². The van der Waals surface area contributed by atoms with E-state index >= 15 is 4.39 Å². The molecule has 2 aromatic heterocycles. The van der Waals surface area contributed by atoms with Gasteiger partial charge in [0.2, 0.25) is 17.8 Å². The molecule has 0 radical (unpaired) electrons. The van der Waals surface area contributed by atoms with E-state index in [1.165, 1.54) is 14.2 Å². The number of rotatable bonds is 11. The molecule has 0 spiro atoms. The molecule has 6 heterocycles. The SMILES string of the molecule is COC(=O)N[C@H](C(=O)N1C2CC2C[C@H]1c1nc(-c2ccc(-c3ccc(-c4cnc([C@@H]5CC6C[C@H]6N5C(=O)[C@@H](NC(=O)OC)C5CCOCC5)[nH]4)cc3)cc2)c(F)[nH]1)C1CCOCC1. The van der Waals surface area contributed by atoms with Gasteiger partial charge in [0.05, 0.1) is 38.2 Å². The van der Waals surface area contributed by atoms with Crippen LogP contribution < -0.4 is 10.6 Å². The molecule has 6 aliphatic rings. The van der Waals surface area contributed by atoms with Crippen molar-refractivity contribution in [3.63, 3.8) is 0 Å². The molecule has 2 aliphatic carbocycles. The summed E-state index contributed by atoms with van der Waals surface area (Å²) in [5.74, 6) is 0.842. The fourth-order valence-electron chi connectivity index (χ4n) is 10.6.